The summed E-state index contributed by atoms with van der Waals surface area (Å²) in [6, 6.07) is 6.19. The third-order valence-electron chi connectivity index (χ3n) is 2.51. The van der Waals surface area contributed by atoms with Crippen LogP contribution in [0.5, 0.6) is 0 Å². The molecular formula is C11H14N4O2S. The lowest BCUT2D eigenvalue weighted by atomic mass is 10.2. The molecule has 18 heavy (non-hydrogen) atoms. The summed E-state index contributed by atoms with van der Waals surface area (Å²) < 4.78 is 28.0. The highest BCUT2D eigenvalue weighted by Gasteiger charge is 2.16. The number of nitrogens with two attached hydrogens (primary N) is 1. The zero-order valence-electron chi connectivity index (χ0n) is 10.1. The van der Waals surface area contributed by atoms with Crippen molar-refractivity contribution in [3.63, 3.8) is 0 Å². The molecule has 0 fully saturated rings. The molecule has 0 aliphatic carbocycles. The predicted molar refractivity (Wildman–Crippen MR) is 69.6 cm³/mol. The van der Waals surface area contributed by atoms with Gasteiger partial charge in [-0.05, 0) is 24.6 Å². The maximum absolute atomic E-state index is 12.1. The molecule has 0 spiro atoms. The minimum absolute atomic E-state index is 0.122. The lowest BCUT2D eigenvalue weighted by Crippen LogP contribution is -2.14. The molecule has 0 aliphatic rings. The molecule has 1 aromatic heterocycles. The third-order valence-corrected chi connectivity index (χ3v) is 3.87. The SMILES string of the molecule is Cc1ccc(S(=O)(=O)Nc2ccn(C)n2)cc1N. The molecule has 96 valence electrons. The number of nitrogen functional groups attached to an aromatic ring is 1. The van der Waals surface area contributed by atoms with E-state index in [1.54, 1.807) is 25.4 Å². The highest BCUT2D eigenvalue weighted by Crippen LogP contribution is 2.19. The molecule has 3 N–H and O–H groups in total. The van der Waals surface area contributed by atoms with Crippen LogP contribution >= 0.6 is 0 Å². The van der Waals surface area contributed by atoms with Crippen LogP contribution in [0.4, 0.5) is 11.5 Å². The highest BCUT2D eigenvalue weighted by molar-refractivity contribution is 7.92. The summed E-state index contributed by atoms with van der Waals surface area (Å²) in [7, 11) is -1.94. The van der Waals surface area contributed by atoms with Gasteiger partial charge in [0.15, 0.2) is 5.82 Å². The van der Waals surface area contributed by atoms with Crippen molar-refractivity contribution >= 4 is 21.5 Å². The summed E-state index contributed by atoms with van der Waals surface area (Å²) in [4.78, 5) is 0.122. The fourth-order valence-electron chi connectivity index (χ4n) is 1.45. The summed E-state index contributed by atoms with van der Waals surface area (Å²) in [6.07, 6.45) is 1.65. The molecular weight excluding hydrogens is 252 g/mol. The van der Waals surface area contributed by atoms with Gasteiger partial charge in [-0.3, -0.25) is 9.40 Å². The van der Waals surface area contributed by atoms with E-state index in [2.05, 4.69) is 9.82 Å². The Bertz CT molecular complexity index is 676. The number of rotatable bonds is 3. The van der Waals surface area contributed by atoms with E-state index in [4.69, 9.17) is 5.73 Å². The van der Waals surface area contributed by atoms with Crippen molar-refractivity contribution in [1.29, 1.82) is 0 Å². The van der Waals surface area contributed by atoms with Crippen molar-refractivity contribution in [2.75, 3.05) is 10.5 Å². The number of hydrogen-bond acceptors (Lipinski definition) is 4. The number of sulfonamides is 1. The van der Waals surface area contributed by atoms with Gasteiger partial charge in [-0.15, -0.1) is 0 Å². The van der Waals surface area contributed by atoms with Gasteiger partial charge in [0.25, 0.3) is 10.0 Å². The average Bonchev–Trinajstić information content (AvgIpc) is 2.67. The molecule has 1 heterocycles. The Labute approximate surface area is 105 Å². The molecule has 0 unspecified atom stereocenters. The fraction of sp³-hybridized carbons (Fsp3) is 0.182. The molecule has 0 aliphatic heterocycles. The normalized spacial score (nSPS) is 11.4. The van der Waals surface area contributed by atoms with Crippen molar-refractivity contribution < 1.29 is 8.42 Å². The van der Waals surface area contributed by atoms with Crippen molar-refractivity contribution in [3.8, 4) is 0 Å². The fourth-order valence-corrected chi connectivity index (χ4v) is 2.48. The highest BCUT2D eigenvalue weighted by atomic mass is 32.2. The largest absolute Gasteiger partial charge is 0.398 e. The first-order valence-corrected chi connectivity index (χ1v) is 6.75. The number of benzene rings is 1. The van der Waals surface area contributed by atoms with Crippen LogP contribution in [0.3, 0.4) is 0 Å². The van der Waals surface area contributed by atoms with Crippen LogP contribution in [0.25, 0.3) is 0 Å². The number of hydrogen-bond donors (Lipinski definition) is 2. The minimum atomic E-state index is -3.65. The zero-order valence-corrected chi connectivity index (χ0v) is 10.9. The average molecular weight is 266 g/mol. The number of aryl methyl sites for hydroxylation is 2. The Kier molecular flexibility index (Phi) is 3.00. The Morgan fingerprint density at radius 1 is 1.33 bits per heavy atom. The van der Waals surface area contributed by atoms with Gasteiger partial charge in [0.2, 0.25) is 0 Å². The molecule has 6 nitrogen and oxygen atoms in total. The van der Waals surface area contributed by atoms with E-state index in [0.29, 0.717) is 5.69 Å². The van der Waals surface area contributed by atoms with Crippen LogP contribution in [0, 0.1) is 6.92 Å². The van der Waals surface area contributed by atoms with Crippen LogP contribution in [0.1, 0.15) is 5.56 Å². The predicted octanol–water partition coefficient (Wildman–Crippen LogP) is 1.11. The zero-order chi connectivity index (χ0) is 13.3. The number of nitrogens with zero attached hydrogens (tertiary/aromatic N) is 2. The lowest BCUT2D eigenvalue weighted by molar-refractivity contribution is 0.601. The second kappa shape index (κ2) is 4.34. The van der Waals surface area contributed by atoms with E-state index in [9.17, 15) is 8.42 Å². The second-order valence-electron chi connectivity index (χ2n) is 4.00. The molecule has 0 saturated carbocycles. The summed E-state index contributed by atoms with van der Waals surface area (Å²) >= 11 is 0. The summed E-state index contributed by atoms with van der Waals surface area (Å²) in [5.74, 6) is 0.275. The standard InChI is InChI=1S/C11H14N4O2S/c1-8-3-4-9(7-10(8)12)18(16,17)14-11-5-6-15(2)13-11/h3-7H,12H2,1-2H3,(H,13,14). The van der Waals surface area contributed by atoms with Gasteiger partial charge in [-0.1, -0.05) is 6.07 Å². The van der Waals surface area contributed by atoms with E-state index < -0.39 is 10.0 Å². The maximum atomic E-state index is 12.1. The molecule has 2 aromatic rings. The Morgan fingerprint density at radius 3 is 2.61 bits per heavy atom. The van der Waals surface area contributed by atoms with Crippen LogP contribution < -0.4 is 10.5 Å². The number of aromatic nitrogens is 2. The van der Waals surface area contributed by atoms with Gasteiger partial charge in [-0.25, -0.2) is 8.42 Å². The minimum Gasteiger partial charge on any atom is -0.398 e. The summed E-state index contributed by atoms with van der Waals surface area (Å²) in [5.41, 5.74) is 6.99. The first kappa shape index (κ1) is 12.4. The van der Waals surface area contributed by atoms with Crippen LogP contribution in [0.15, 0.2) is 35.4 Å². The van der Waals surface area contributed by atoms with Crippen molar-refractivity contribution in [1.82, 2.24) is 9.78 Å². The number of anilines is 2. The maximum Gasteiger partial charge on any atom is 0.263 e. The summed E-state index contributed by atoms with van der Waals surface area (Å²) in [6.45, 7) is 1.82. The van der Waals surface area contributed by atoms with Crippen LogP contribution in [-0.2, 0) is 17.1 Å². The van der Waals surface area contributed by atoms with Gasteiger partial charge in [0.05, 0.1) is 4.90 Å². The van der Waals surface area contributed by atoms with E-state index >= 15 is 0 Å². The quantitative estimate of drug-likeness (QED) is 0.814. The topological polar surface area (TPSA) is 90.0 Å². The van der Waals surface area contributed by atoms with Gasteiger partial charge in [0.1, 0.15) is 0 Å². The molecule has 0 amide bonds. The smallest absolute Gasteiger partial charge is 0.263 e. The van der Waals surface area contributed by atoms with E-state index in [1.807, 2.05) is 6.92 Å². The van der Waals surface area contributed by atoms with Gasteiger partial charge in [0, 0.05) is 25.0 Å². The van der Waals surface area contributed by atoms with E-state index in [0.717, 1.165) is 5.56 Å². The molecule has 2 rings (SSSR count). The molecule has 7 heteroatoms. The second-order valence-corrected chi connectivity index (χ2v) is 5.68. The summed E-state index contributed by atoms with van der Waals surface area (Å²) in [5, 5.41) is 3.96. The van der Waals surface area contributed by atoms with Crippen LogP contribution in [0.2, 0.25) is 0 Å². The van der Waals surface area contributed by atoms with E-state index in [-0.39, 0.29) is 10.7 Å². The molecule has 0 atom stereocenters. The van der Waals surface area contributed by atoms with Gasteiger partial charge >= 0.3 is 0 Å². The Hall–Kier alpha value is -2.02. The molecule has 0 bridgehead atoms. The molecule has 0 saturated heterocycles. The molecule has 1 aromatic carbocycles. The van der Waals surface area contributed by atoms with E-state index in [1.165, 1.54) is 16.8 Å². The first-order valence-electron chi connectivity index (χ1n) is 5.27. The monoisotopic (exact) mass is 266 g/mol. The van der Waals surface area contributed by atoms with Crippen molar-refractivity contribution in [3.05, 3.63) is 36.0 Å². The number of nitrogens with one attached hydrogen (secondary N) is 1. The van der Waals surface area contributed by atoms with Gasteiger partial charge < -0.3 is 5.73 Å². The lowest BCUT2D eigenvalue weighted by Gasteiger charge is -2.07. The molecule has 0 radical (unpaired) electrons. The Morgan fingerprint density at radius 2 is 2.06 bits per heavy atom. The van der Waals surface area contributed by atoms with Crippen molar-refractivity contribution in [2.45, 2.75) is 11.8 Å². The third kappa shape index (κ3) is 2.45. The van der Waals surface area contributed by atoms with Crippen LogP contribution in [-0.4, -0.2) is 18.2 Å². The Balaban J connectivity index is 2.33. The van der Waals surface area contributed by atoms with Gasteiger partial charge in [-0.2, -0.15) is 5.10 Å². The first-order chi connectivity index (χ1) is 8.38. The van der Waals surface area contributed by atoms with Crippen molar-refractivity contribution in [2.24, 2.45) is 7.05 Å².